The molecular formula is C11H11ClO3. The number of hydrogen-bond acceptors (Lipinski definition) is 3. The van der Waals surface area contributed by atoms with Gasteiger partial charge in [-0.05, 0) is 24.3 Å². The molecule has 80 valence electrons. The number of hydrogen-bond donors (Lipinski definition) is 0. The van der Waals surface area contributed by atoms with Gasteiger partial charge in [-0.25, -0.2) is 4.79 Å². The van der Waals surface area contributed by atoms with Gasteiger partial charge in [-0.15, -0.1) is 0 Å². The van der Waals surface area contributed by atoms with Gasteiger partial charge >= 0.3 is 5.97 Å². The fourth-order valence-corrected chi connectivity index (χ4v) is 1.54. The fourth-order valence-electron chi connectivity index (χ4n) is 1.41. The Balaban J connectivity index is 1.98. The van der Waals surface area contributed by atoms with Crippen molar-refractivity contribution in [2.75, 3.05) is 13.2 Å². The zero-order chi connectivity index (χ0) is 10.7. The Bertz CT molecular complexity index is 341. The standard InChI is InChI=1S/C11H11ClO3/c12-9-3-1-8(2-4-9)11(13)15-10-5-6-14-7-10/h1-4,10H,5-7H2/t10-/m0/s1. The molecule has 0 radical (unpaired) electrons. The summed E-state index contributed by atoms with van der Waals surface area (Å²) in [5, 5.41) is 0.607. The molecule has 0 saturated carbocycles. The van der Waals surface area contributed by atoms with Crippen molar-refractivity contribution >= 4 is 17.6 Å². The molecule has 1 aromatic carbocycles. The first-order valence-electron chi connectivity index (χ1n) is 4.80. The molecule has 0 amide bonds. The SMILES string of the molecule is O=C(O[C@H]1CCOC1)c1ccc(Cl)cc1. The Labute approximate surface area is 92.9 Å². The van der Waals surface area contributed by atoms with E-state index in [1.54, 1.807) is 24.3 Å². The summed E-state index contributed by atoms with van der Waals surface area (Å²) in [5.41, 5.74) is 0.520. The molecule has 1 fully saturated rings. The predicted molar refractivity (Wildman–Crippen MR) is 56.1 cm³/mol. The van der Waals surface area contributed by atoms with Crippen molar-refractivity contribution in [3.05, 3.63) is 34.9 Å². The Morgan fingerprint density at radius 3 is 2.73 bits per heavy atom. The van der Waals surface area contributed by atoms with Gasteiger partial charge in [-0.3, -0.25) is 0 Å². The van der Waals surface area contributed by atoms with Crippen LogP contribution >= 0.6 is 11.6 Å². The summed E-state index contributed by atoms with van der Waals surface area (Å²) in [6.45, 7) is 1.16. The molecule has 2 rings (SSSR count). The summed E-state index contributed by atoms with van der Waals surface area (Å²) in [4.78, 5) is 11.6. The molecule has 0 spiro atoms. The Morgan fingerprint density at radius 1 is 1.40 bits per heavy atom. The molecule has 0 unspecified atom stereocenters. The molecule has 1 aromatic rings. The molecule has 15 heavy (non-hydrogen) atoms. The predicted octanol–water partition coefficient (Wildman–Crippen LogP) is 2.29. The van der Waals surface area contributed by atoms with E-state index in [1.165, 1.54) is 0 Å². The van der Waals surface area contributed by atoms with Crippen molar-refractivity contribution < 1.29 is 14.3 Å². The van der Waals surface area contributed by atoms with Gasteiger partial charge in [0.15, 0.2) is 0 Å². The molecule has 0 bridgehead atoms. The second-order valence-electron chi connectivity index (χ2n) is 3.40. The highest BCUT2D eigenvalue weighted by Crippen LogP contribution is 2.14. The molecule has 1 heterocycles. The molecule has 0 N–H and O–H groups in total. The topological polar surface area (TPSA) is 35.5 Å². The number of rotatable bonds is 2. The smallest absolute Gasteiger partial charge is 0.338 e. The highest BCUT2D eigenvalue weighted by Gasteiger charge is 2.20. The van der Waals surface area contributed by atoms with Gasteiger partial charge in [0.2, 0.25) is 0 Å². The highest BCUT2D eigenvalue weighted by atomic mass is 35.5. The third-order valence-electron chi connectivity index (χ3n) is 2.24. The van der Waals surface area contributed by atoms with Gasteiger partial charge in [0.1, 0.15) is 6.10 Å². The maximum atomic E-state index is 11.6. The van der Waals surface area contributed by atoms with Crippen LogP contribution < -0.4 is 0 Å². The minimum absolute atomic E-state index is 0.104. The van der Waals surface area contributed by atoms with Crippen molar-refractivity contribution in [2.24, 2.45) is 0 Å². The second kappa shape index (κ2) is 4.64. The van der Waals surface area contributed by atoms with Crippen LogP contribution in [0.4, 0.5) is 0 Å². The maximum absolute atomic E-state index is 11.6. The average molecular weight is 227 g/mol. The lowest BCUT2D eigenvalue weighted by Gasteiger charge is -2.09. The van der Waals surface area contributed by atoms with Crippen molar-refractivity contribution in [3.8, 4) is 0 Å². The van der Waals surface area contributed by atoms with Gasteiger partial charge < -0.3 is 9.47 Å². The second-order valence-corrected chi connectivity index (χ2v) is 3.83. The van der Waals surface area contributed by atoms with Crippen molar-refractivity contribution in [2.45, 2.75) is 12.5 Å². The fraction of sp³-hybridized carbons (Fsp3) is 0.364. The van der Waals surface area contributed by atoms with Gasteiger partial charge in [0.05, 0.1) is 18.8 Å². The first-order valence-corrected chi connectivity index (χ1v) is 5.18. The highest BCUT2D eigenvalue weighted by molar-refractivity contribution is 6.30. The Hall–Kier alpha value is -1.06. The summed E-state index contributed by atoms with van der Waals surface area (Å²) in [7, 11) is 0. The van der Waals surface area contributed by atoms with Crippen LogP contribution in [-0.4, -0.2) is 25.3 Å². The van der Waals surface area contributed by atoms with E-state index in [1.807, 2.05) is 0 Å². The van der Waals surface area contributed by atoms with Gasteiger partial charge in [-0.2, -0.15) is 0 Å². The van der Waals surface area contributed by atoms with Crippen LogP contribution in [0.3, 0.4) is 0 Å². The molecule has 4 heteroatoms. The summed E-state index contributed by atoms with van der Waals surface area (Å²) < 4.78 is 10.3. The lowest BCUT2D eigenvalue weighted by molar-refractivity contribution is 0.0270. The van der Waals surface area contributed by atoms with Crippen molar-refractivity contribution in [1.82, 2.24) is 0 Å². The first kappa shape index (κ1) is 10.5. The number of halogens is 1. The Kier molecular flexibility index (Phi) is 3.23. The van der Waals surface area contributed by atoms with Crippen LogP contribution in [0.15, 0.2) is 24.3 Å². The number of carbonyl (C=O) groups is 1. The third kappa shape index (κ3) is 2.70. The van der Waals surface area contributed by atoms with Crippen molar-refractivity contribution in [3.63, 3.8) is 0 Å². The summed E-state index contributed by atoms with van der Waals surface area (Å²) in [6, 6.07) is 6.65. The van der Waals surface area contributed by atoms with Gasteiger partial charge in [-0.1, -0.05) is 11.6 Å². The molecule has 1 aliphatic rings. The lowest BCUT2D eigenvalue weighted by atomic mass is 10.2. The molecule has 1 atom stereocenters. The largest absolute Gasteiger partial charge is 0.456 e. The zero-order valence-corrected chi connectivity index (χ0v) is 8.87. The molecule has 0 aromatic heterocycles. The van der Waals surface area contributed by atoms with Crippen LogP contribution in [0.25, 0.3) is 0 Å². The van der Waals surface area contributed by atoms with Crippen LogP contribution in [0, 0.1) is 0 Å². The number of benzene rings is 1. The number of esters is 1. The summed E-state index contributed by atoms with van der Waals surface area (Å²) in [5.74, 6) is -0.317. The molecule has 0 aliphatic carbocycles. The normalized spacial score (nSPS) is 20.2. The van der Waals surface area contributed by atoms with Gasteiger partial charge in [0.25, 0.3) is 0 Å². The Morgan fingerprint density at radius 2 is 2.13 bits per heavy atom. The van der Waals surface area contributed by atoms with E-state index in [2.05, 4.69) is 0 Å². The molecule has 3 nitrogen and oxygen atoms in total. The van der Waals surface area contributed by atoms with Crippen LogP contribution in [0.1, 0.15) is 16.8 Å². The third-order valence-corrected chi connectivity index (χ3v) is 2.49. The number of carbonyl (C=O) groups excluding carboxylic acids is 1. The minimum atomic E-state index is -0.317. The molecular weight excluding hydrogens is 216 g/mol. The van der Waals surface area contributed by atoms with E-state index in [4.69, 9.17) is 21.1 Å². The van der Waals surface area contributed by atoms with Gasteiger partial charge in [0, 0.05) is 11.4 Å². The summed E-state index contributed by atoms with van der Waals surface area (Å²) in [6.07, 6.45) is 0.674. The first-order chi connectivity index (χ1) is 7.25. The van der Waals surface area contributed by atoms with E-state index >= 15 is 0 Å². The van der Waals surface area contributed by atoms with E-state index in [9.17, 15) is 4.79 Å². The zero-order valence-electron chi connectivity index (χ0n) is 8.11. The van der Waals surface area contributed by atoms with E-state index in [0.29, 0.717) is 23.8 Å². The van der Waals surface area contributed by atoms with Crippen LogP contribution in [0.5, 0.6) is 0 Å². The van der Waals surface area contributed by atoms with E-state index in [0.717, 1.165) is 6.42 Å². The van der Waals surface area contributed by atoms with E-state index < -0.39 is 0 Å². The quantitative estimate of drug-likeness (QED) is 0.726. The van der Waals surface area contributed by atoms with E-state index in [-0.39, 0.29) is 12.1 Å². The average Bonchev–Trinajstić information content (AvgIpc) is 2.71. The van der Waals surface area contributed by atoms with Crippen LogP contribution in [-0.2, 0) is 9.47 Å². The van der Waals surface area contributed by atoms with Crippen LogP contribution in [0.2, 0.25) is 5.02 Å². The van der Waals surface area contributed by atoms with Crippen molar-refractivity contribution in [1.29, 1.82) is 0 Å². The molecule has 1 aliphatic heterocycles. The maximum Gasteiger partial charge on any atom is 0.338 e. The molecule has 1 saturated heterocycles. The lowest BCUT2D eigenvalue weighted by Crippen LogP contribution is -2.17. The minimum Gasteiger partial charge on any atom is -0.456 e. The summed E-state index contributed by atoms with van der Waals surface area (Å²) >= 11 is 5.71. The number of ether oxygens (including phenoxy) is 2. The monoisotopic (exact) mass is 226 g/mol.